The first-order valence-electron chi connectivity index (χ1n) is 18.3. The second-order valence-corrected chi connectivity index (χ2v) is 12.1. The molecule has 0 aromatic carbocycles. The first kappa shape index (κ1) is 47.6. The van der Waals surface area contributed by atoms with Gasteiger partial charge >= 0.3 is 23.9 Å². The Morgan fingerprint density at radius 1 is 0.771 bits per heavy atom. The smallest absolute Gasteiger partial charge is 0.317 e. The van der Waals surface area contributed by atoms with E-state index in [9.17, 15) is 24.3 Å². The van der Waals surface area contributed by atoms with Crippen LogP contribution >= 0.6 is 0 Å². The Kier molecular flexibility index (Phi) is 36.9. The van der Waals surface area contributed by atoms with Crippen molar-refractivity contribution in [1.82, 2.24) is 0 Å². The van der Waals surface area contributed by atoms with Gasteiger partial charge in [-0.2, -0.15) is 0 Å². The summed E-state index contributed by atoms with van der Waals surface area (Å²) in [6.45, 7) is 5.50. The number of methoxy groups -OCH3 is 2. The zero-order chi connectivity index (χ0) is 36.1. The van der Waals surface area contributed by atoms with Crippen LogP contribution in [0, 0.1) is 11.8 Å². The van der Waals surface area contributed by atoms with E-state index in [1.165, 1.54) is 90.6 Å². The fourth-order valence-electron chi connectivity index (χ4n) is 4.76. The van der Waals surface area contributed by atoms with Crippen LogP contribution in [0.15, 0.2) is 24.3 Å². The van der Waals surface area contributed by atoms with Crippen molar-refractivity contribution < 1.29 is 48.3 Å². The van der Waals surface area contributed by atoms with Crippen molar-refractivity contribution in [3.8, 4) is 0 Å². The average molecular weight is 685 g/mol. The zero-order valence-corrected chi connectivity index (χ0v) is 30.6. The summed E-state index contributed by atoms with van der Waals surface area (Å²) in [6.07, 6.45) is 29.3. The molecule has 0 spiro atoms. The molecule has 1 aliphatic rings. The highest BCUT2D eigenvalue weighted by Crippen LogP contribution is 2.20. The predicted octanol–water partition coefficient (Wildman–Crippen LogP) is 8.14. The largest absolute Gasteiger partial charge is 0.481 e. The third-order valence-corrected chi connectivity index (χ3v) is 7.69. The van der Waals surface area contributed by atoms with Gasteiger partial charge in [0.15, 0.2) is 0 Å². The minimum absolute atomic E-state index is 0.0964. The number of carbonyl (C=O) groups excluding carboxylic acids is 3. The minimum Gasteiger partial charge on any atom is -0.481 e. The van der Waals surface area contributed by atoms with Crippen molar-refractivity contribution in [2.45, 2.75) is 142 Å². The third-order valence-electron chi connectivity index (χ3n) is 7.69. The van der Waals surface area contributed by atoms with Gasteiger partial charge in [-0.25, -0.2) is 0 Å². The van der Waals surface area contributed by atoms with Gasteiger partial charge in [0.1, 0.15) is 6.61 Å². The van der Waals surface area contributed by atoms with Gasteiger partial charge in [-0.15, -0.1) is 0 Å². The van der Waals surface area contributed by atoms with Crippen LogP contribution in [0.3, 0.4) is 0 Å². The lowest BCUT2D eigenvalue weighted by Gasteiger charge is -2.09. The van der Waals surface area contributed by atoms with E-state index in [-0.39, 0.29) is 43.9 Å². The summed E-state index contributed by atoms with van der Waals surface area (Å²) in [6, 6.07) is 0. The Hall–Kier alpha value is -2.56. The second-order valence-electron chi connectivity index (χ2n) is 12.1. The number of cyclic esters (lactones) is 2. The Morgan fingerprint density at radius 2 is 1.29 bits per heavy atom. The topological polar surface area (TPSA) is 146 Å². The van der Waals surface area contributed by atoms with E-state index < -0.39 is 17.9 Å². The Labute approximate surface area is 291 Å². The van der Waals surface area contributed by atoms with Gasteiger partial charge in [0, 0.05) is 14.2 Å². The van der Waals surface area contributed by atoms with E-state index in [0.717, 1.165) is 19.3 Å². The first-order valence-corrected chi connectivity index (χ1v) is 18.3. The number of ether oxygens (including phenoxy) is 4. The van der Waals surface area contributed by atoms with Crippen molar-refractivity contribution in [2.75, 3.05) is 40.6 Å². The number of carboxylic acid groups (broad SMARTS) is 1. The Morgan fingerprint density at radius 3 is 1.73 bits per heavy atom. The lowest BCUT2D eigenvalue weighted by Crippen LogP contribution is -2.20. The van der Waals surface area contributed by atoms with E-state index >= 15 is 0 Å². The molecular formula is C38H68O10. The van der Waals surface area contributed by atoms with E-state index in [4.69, 9.17) is 14.6 Å². The summed E-state index contributed by atoms with van der Waals surface area (Å²) in [4.78, 5) is 44.8. The molecule has 2 atom stereocenters. The maximum atomic E-state index is 11.5. The van der Waals surface area contributed by atoms with Crippen LogP contribution in [0.25, 0.3) is 0 Å². The van der Waals surface area contributed by atoms with E-state index in [0.29, 0.717) is 26.1 Å². The number of rotatable bonds is 28. The predicted molar refractivity (Wildman–Crippen MR) is 189 cm³/mol. The molecule has 0 aromatic heterocycles. The highest BCUT2D eigenvalue weighted by Gasteiger charge is 2.32. The summed E-state index contributed by atoms with van der Waals surface area (Å²) in [5.41, 5.74) is 0. The van der Waals surface area contributed by atoms with Gasteiger partial charge < -0.3 is 29.2 Å². The quantitative estimate of drug-likeness (QED) is 0.0358. The molecule has 0 radical (unpaired) electrons. The van der Waals surface area contributed by atoms with Gasteiger partial charge in [-0.3, -0.25) is 19.2 Å². The molecule has 1 heterocycles. The second kappa shape index (κ2) is 37.3. The molecule has 1 fully saturated rings. The summed E-state index contributed by atoms with van der Waals surface area (Å²) >= 11 is 0. The molecule has 48 heavy (non-hydrogen) atoms. The number of hydrogen-bond donors (Lipinski definition) is 2. The zero-order valence-electron chi connectivity index (χ0n) is 30.6. The van der Waals surface area contributed by atoms with E-state index in [2.05, 4.69) is 29.4 Å². The van der Waals surface area contributed by atoms with Crippen LogP contribution in [0.5, 0.6) is 0 Å². The van der Waals surface area contributed by atoms with Crippen LogP contribution in [-0.4, -0.2) is 74.7 Å². The normalized spacial score (nSPS) is 14.7. The van der Waals surface area contributed by atoms with Crippen LogP contribution in [-0.2, 0) is 38.1 Å². The molecule has 280 valence electrons. The minimum atomic E-state index is -0.959. The maximum Gasteiger partial charge on any atom is 0.317 e. The maximum absolute atomic E-state index is 11.5. The van der Waals surface area contributed by atoms with E-state index in [1.807, 2.05) is 18.2 Å². The van der Waals surface area contributed by atoms with Gasteiger partial charge in [-0.05, 0) is 38.5 Å². The van der Waals surface area contributed by atoms with Crippen molar-refractivity contribution in [1.29, 1.82) is 0 Å². The summed E-state index contributed by atoms with van der Waals surface area (Å²) in [5, 5.41) is 17.1. The Bertz CT molecular complexity index is 837. The number of unbranched alkanes of at least 4 members (excludes halogenated alkanes) is 14. The monoisotopic (exact) mass is 684 g/mol. The number of aliphatic hydroxyl groups excluding tert-OH is 1. The SMILES string of the molecule is CCCCCCCCC/C=C/CC(CC(=O)OCCOC)C(=O)O.CCCCCCCCC/C=C/CC1CC(=O)OC1=O.COCCO. The molecule has 0 aromatic rings. The molecule has 0 amide bonds. The highest BCUT2D eigenvalue weighted by molar-refractivity contribution is 5.94. The van der Waals surface area contributed by atoms with Crippen molar-refractivity contribution >= 4 is 23.9 Å². The standard InChI is InChI=1S/C19H34O5.C16H26O3.C3H8O2/c1-3-4-5-6-7-8-9-10-11-12-13-17(19(21)22)16-18(20)24-15-14-23-2;1-2-3-4-5-6-7-8-9-10-11-12-14-13-15(17)19-16(14)18;1-5-3-2-4/h11-12,17H,3-10,13-16H2,1-2H3,(H,21,22);10-11,14H,2-9,12-13H2,1H3;4H,2-3H2,1H3/b12-11+;11-10+;. The molecule has 2 unspecified atom stereocenters. The average Bonchev–Trinajstić information content (AvgIpc) is 3.39. The summed E-state index contributed by atoms with van der Waals surface area (Å²) in [7, 11) is 3.07. The number of esters is 3. The van der Waals surface area contributed by atoms with Crippen LogP contribution in [0.4, 0.5) is 0 Å². The number of carboxylic acids is 1. The van der Waals surface area contributed by atoms with Crippen LogP contribution in [0.2, 0.25) is 0 Å². The van der Waals surface area contributed by atoms with Crippen molar-refractivity contribution in [3.63, 3.8) is 0 Å². The number of carbonyl (C=O) groups is 4. The molecule has 10 heteroatoms. The first-order chi connectivity index (χ1) is 23.3. The lowest BCUT2D eigenvalue weighted by molar-refractivity contribution is -0.153. The van der Waals surface area contributed by atoms with Gasteiger partial charge in [0.2, 0.25) is 0 Å². The molecule has 0 bridgehead atoms. The molecule has 0 aliphatic carbocycles. The number of hydrogen-bond acceptors (Lipinski definition) is 9. The highest BCUT2D eigenvalue weighted by atomic mass is 16.6. The molecule has 1 saturated heterocycles. The molecule has 2 N–H and O–H groups in total. The third kappa shape index (κ3) is 33.3. The summed E-state index contributed by atoms with van der Waals surface area (Å²) < 4.78 is 18.6. The van der Waals surface area contributed by atoms with Crippen molar-refractivity contribution in [2.24, 2.45) is 11.8 Å². The fourth-order valence-corrected chi connectivity index (χ4v) is 4.76. The molecular weight excluding hydrogens is 616 g/mol. The summed E-state index contributed by atoms with van der Waals surface area (Å²) in [5.74, 6) is -3.14. The van der Waals surface area contributed by atoms with E-state index in [1.54, 1.807) is 7.11 Å². The fraction of sp³-hybridized carbons (Fsp3) is 0.789. The number of aliphatic carboxylic acids is 1. The Balaban J connectivity index is 0. The molecule has 1 rings (SSSR count). The molecule has 10 nitrogen and oxygen atoms in total. The molecule has 0 saturated carbocycles. The lowest BCUT2D eigenvalue weighted by atomic mass is 10.0. The van der Waals surface area contributed by atoms with Gasteiger partial charge in [-0.1, -0.05) is 115 Å². The number of allylic oxidation sites excluding steroid dienone is 4. The van der Waals surface area contributed by atoms with Crippen LogP contribution in [0.1, 0.15) is 142 Å². The van der Waals surface area contributed by atoms with Crippen LogP contribution < -0.4 is 0 Å². The molecule has 1 aliphatic heterocycles. The van der Waals surface area contributed by atoms with Crippen molar-refractivity contribution in [3.05, 3.63) is 24.3 Å². The van der Waals surface area contributed by atoms with Gasteiger partial charge in [0.05, 0.1) is 44.5 Å². The number of aliphatic hydroxyl groups is 1. The van der Waals surface area contributed by atoms with Gasteiger partial charge in [0.25, 0.3) is 0 Å².